The summed E-state index contributed by atoms with van der Waals surface area (Å²) in [5.74, 6) is 0.261. The van der Waals surface area contributed by atoms with Crippen LogP contribution in [0.2, 0.25) is 0 Å². The van der Waals surface area contributed by atoms with Crippen molar-refractivity contribution in [2.45, 2.75) is 13.5 Å². The molecule has 0 atom stereocenters. The smallest absolute Gasteiger partial charge is 0.246 e. The minimum absolute atomic E-state index is 0.0638. The average molecular weight is 185 g/mol. The third-order valence-electron chi connectivity index (χ3n) is 1.29. The van der Waals surface area contributed by atoms with E-state index in [4.69, 9.17) is 4.74 Å². The lowest BCUT2D eigenvalue weighted by atomic mass is 10.5. The molecule has 1 amide bonds. The van der Waals surface area contributed by atoms with E-state index in [-0.39, 0.29) is 19.1 Å². The SMILES string of the molecule is CCOCC(=O)NCc1ncon1. The first-order chi connectivity index (χ1) is 6.33. The molecule has 0 unspecified atom stereocenters. The molecule has 1 heterocycles. The van der Waals surface area contributed by atoms with Gasteiger partial charge in [-0.05, 0) is 6.92 Å². The number of nitrogens with one attached hydrogen (secondary N) is 1. The zero-order valence-corrected chi connectivity index (χ0v) is 7.32. The first kappa shape index (κ1) is 9.66. The van der Waals surface area contributed by atoms with Crippen LogP contribution in [0.1, 0.15) is 12.7 Å². The van der Waals surface area contributed by atoms with Crippen molar-refractivity contribution in [2.24, 2.45) is 0 Å². The Balaban J connectivity index is 2.15. The van der Waals surface area contributed by atoms with Gasteiger partial charge >= 0.3 is 0 Å². The lowest BCUT2D eigenvalue weighted by molar-refractivity contribution is -0.125. The first-order valence-corrected chi connectivity index (χ1v) is 3.92. The highest BCUT2D eigenvalue weighted by atomic mass is 16.5. The number of hydrogen-bond acceptors (Lipinski definition) is 5. The maximum Gasteiger partial charge on any atom is 0.246 e. The quantitative estimate of drug-likeness (QED) is 0.682. The van der Waals surface area contributed by atoms with E-state index in [9.17, 15) is 4.79 Å². The van der Waals surface area contributed by atoms with Gasteiger partial charge in [0.1, 0.15) is 6.61 Å². The highest BCUT2D eigenvalue weighted by Crippen LogP contribution is 1.86. The molecular formula is C7H11N3O3. The van der Waals surface area contributed by atoms with Crippen LogP contribution >= 0.6 is 0 Å². The minimum Gasteiger partial charge on any atom is -0.372 e. The molecule has 6 nitrogen and oxygen atoms in total. The van der Waals surface area contributed by atoms with E-state index in [1.165, 1.54) is 6.39 Å². The molecule has 1 aromatic heterocycles. The van der Waals surface area contributed by atoms with Crippen molar-refractivity contribution in [2.75, 3.05) is 13.2 Å². The van der Waals surface area contributed by atoms with Crippen LogP contribution in [0.25, 0.3) is 0 Å². The van der Waals surface area contributed by atoms with Crippen LogP contribution < -0.4 is 5.32 Å². The third-order valence-corrected chi connectivity index (χ3v) is 1.29. The molecule has 0 aliphatic carbocycles. The summed E-state index contributed by atoms with van der Waals surface area (Å²) in [6, 6.07) is 0. The lowest BCUT2D eigenvalue weighted by Gasteiger charge is -2.01. The summed E-state index contributed by atoms with van der Waals surface area (Å²) in [6.45, 7) is 2.68. The monoisotopic (exact) mass is 185 g/mol. The number of carbonyl (C=O) groups excluding carboxylic acids is 1. The highest BCUT2D eigenvalue weighted by molar-refractivity contribution is 5.76. The second-order valence-electron chi connectivity index (χ2n) is 2.26. The summed E-state index contributed by atoms with van der Waals surface area (Å²) in [5, 5.41) is 6.10. The van der Waals surface area contributed by atoms with Crippen LogP contribution in [-0.4, -0.2) is 29.3 Å². The minimum atomic E-state index is -0.188. The van der Waals surface area contributed by atoms with E-state index in [0.717, 1.165) is 0 Å². The number of hydrogen-bond donors (Lipinski definition) is 1. The lowest BCUT2D eigenvalue weighted by Crippen LogP contribution is -2.27. The van der Waals surface area contributed by atoms with E-state index >= 15 is 0 Å². The van der Waals surface area contributed by atoms with Crippen LogP contribution in [0.5, 0.6) is 0 Å². The highest BCUT2D eigenvalue weighted by Gasteiger charge is 2.02. The maximum absolute atomic E-state index is 11.0. The number of amides is 1. The molecule has 0 aliphatic heterocycles. The number of ether oxygens (including phenoxy) is 1. The number of carbonyl (C=O) groups is 1. The van der Waals surface area contributed by atoms with Gasteiger partial charge in [-0.3, -0.25) is 4.79 Å². The molecule has 72 valence electrons. The van der Waals surface area contributed by atoms with Crippen LogP contribution in [-0.2, 0) is 16.1 Å². The second-order valence-corrected chi connectivity index (χ2v) is 2.26. The van der Waals surface area contributed by atoms with Gasteiger partial charge in [0, 0.05) is 6.61 Å². The summed E-state index contributed by atoms with van der Waals surface area (Å²) >= 11 is 0. The number of aromatic nitrogens is 2. The Morgan fingerprint density at radius 2 is 2.62 bits per heavy atom. The predicted molar refractivity (Wildman–Crippen MR) is 42.6 cm³/mol. The average Bonchev–Trinajstić information content (AvgIpc) is 2.64. The Bertz CT molecular complexity index is 247. The Labute approximate surface area is 75.3 Å². The van der Waals surface area contributed by atoms with Gasteiger partial charge < -0.3 is 14.6 Å². The van der Waals surface area contributed by atoms with Gasteiger partial charge in [-0.25, -0.2) is 0 Å². The van der Waals surface area contributed by atoms with Crippen molar-refractivity contribution >= 4 is 5.91 Å². The molecule has 0 saturated heterocycles. The first-order valence-electron chi connectivity index (χ1n) is 3.92. The Morgan fingerprint density at radius 3 is 3.23 bits per heavy atom. The zero-order chi connectivity index (χ0) is 9.52. The van der Waals surface area contributed by atoms with Gasteiger partial charge in [-0.15, -0.1) is 0 Å². The van der Waals surface area contributed by atoms with Crippen LogP contribution in [0.15, 0.2) is 10.9 Å². The summed E-state index contributed by atoms with van der Waals surface area (Å²) in [6.07, 6.45) is 1.21. The predicted octanol–water partition coefficient (Wildman–Crippen LogP) is -0.278. The molecule has 1 rings (SSSR count). The topological polar surface area (TPSA) is 77.2 Å². The molecular weight excluding hydrogens is 174 g/mol. The van der Waals surface area contributed by atoms with E-state index in [0.29, 0.717) is 12.4 Å². The Kier molecular flexibility index (Phi) is 3.90. The molecule has 13 heavy (non-hydrogen) atoms. The van der Waals surface area contributed by atoms with Gasteiger partial charge in [-0.1, -0.05) is 5.16 Å². The van der Waals surface area contributed by atoms with Crippen LogP contribution in [0.4, 0.5) is 0 Å². The van der Waals surface area contributed by atoms with E-state index in [2.05, 4.69) is 20.0 Å². The molecule has 1 aromatic rings. The van der Waals surface area contributed by atoms with E-state index in [1.807, 2.05) is 6.92 Å². The molecule has 0 saturated carbocycles. The van der Waals surface area contributed by atoms with E-state index < -0.39 is 0 Å². The summed E-state index contributed by atoms with van der Waals surface area (Å²) in [7, 11) is 0. The molecule has 1 N–H and O–H groups in total. The van der Waals surface area contributed by atoms with Gasteiger partial charge in [0.15, 0.2) is 5.82 Å². The Hall–Kier alpha value is -1.43. The van der Waals surface area contributed by atoms with Gasteiger partial charge in [0.2, 0.25) is 12.3 Å². The molecule has 0 spiro atoms. The fourth-order valence-corrected chi connectivity index (χ4v) is 0.694. The largest absolute Gasteiger partial charge is 0.372 e. The van der Waals surface area contributed by atoms with E-state index in [1.54, 1.807) is 0 Å². The summed E-state index contributed by atoms with van der Waals surface area (Å²) in [5.41, 5.74) is 0. The molecule has 0 radical (unpaired) electrons. The van der Waals surface area contributed by atoms with Gasteiger partial charge in [0.25, 0.3) is 0 Å². The molecule has 0 aromatic carbocycles. The number of rotatable bonds is 5. The van der Waals surface area contributed by atoms with Crippen molar-refractivity contribution in [3.05, 3.63) is 12.2 Å². The number of nitrogens with zero attached hydrogens (tertiary/aromatic N) is 2. The van der Waals surface area contributed by atoms with Crippen LogP contribution in [0.3, 0.4) is 0 Å². The van der Waals surface area contributed by atoms with Crippen molar-refractivity contribution in [1.82, 2.24) is 15.5 Å². The van der Waals surface area contributed by atoms with Crippen LogP contribution in [0, 0.1) is 0 Å². The Morgan fingerprint density at radius 1 is 1.77 bits per heavy atom. The maximum atomic E-state index is 11.0. The standard InChI is InChI=1S/C7H11N3O3/c1-2-12-4-7(11)8-3-6-9-5-13-10-6/h5H,2-4H2,1H3,(H,8,11). The fraction of sp³-hybridized carbons (Fsp3) is 0.571. The normalized spacial score (nSPS) is 9.92. The van der Waals surface area contributed by atoms with Gasteiger partial charge in [0.05, 0.1) is 6.54 Å². The summed E-state index contributed by atoms with van der Waals surface area (Å²) < 4.78 is 9.37. The van der Waals surface area contributed by atoms with Crippen molar-refractivity contribution in [3.8, 4) is 0 Å². The van der Waals surface area contributed by atoms with Gasteiger partial charge in [-0.2, -0.15) is 4.98 Å². The summed E-state index contributed by atoms with van der Waals surface area (Å²) in [4.78, 5) is 14.7. The van der Waals surface area contributed by atoms with Crippen molar-refractivity contribution in [3.63, 3.8) is 0 Å². The van der Waals surface area contributed by atoms with Crippen molar-refractivity contribution in [1.29, 1.82) is 0 Å². The molecule has 6 heteroatoms. The molecule has 0 aliphatic rings. The second kappa shape index (κ2) is 5.26. The van der Waals surface area contributed by atoms with Crippen molar-refractivity contribution < 1.29 is 14.1 Å². The fourth-order valence-electron chi connectivity index (χ4n) is 0.694. The third kappa shape index (κ3) is 3.66. The molecule has 0 bridgehead atoms. The zero-order valence-electron chi connectivity index (χ0n) is 7.32. The molecule has 0 fully saturated rings.